The molecule has 0 N–H and O–H groups in total. The summed E-state index contributed by atoms with van der Waals surface area (Å²) >= 11 is 0. The second kappa shape index (κ2) is 7.22. The van der Waals surface area contributed by atoms with Crippen molar-refractivity contribution in [2.45, 2.75) is 37.9 Å². The van der Waals surface area contributed by atoms with Crippen LogP contribution in [-0.2, 0) is 19.0 Å². The maximum atomic E-state index is 11.4. The molecule has 110 valence electrons. The molecule has 1 saturated heterocycles. The highest BCUT2D eigenvalue weighted by atomic mass is 16.5. The summed E-state index contributed by atoms with van der Waals surface area (Å²) in [5.74, 6) is -0.00222. The van der Waals surface area contributed by atoms with Gasteiger partial charge >= 0.3 is 5.97 Å². The van der Waals surface area contributed by atoms with Crippen molar-refractivity contribution in [1.29, 1.82) is 0 Å². The molecule has 1 aliphatic heterocycles. The monoisotopic (exact) mass is 271 g/mol. The van der Waals surface area contributed by atoms with Gasteiger partial charge in [-0.1, -0.05) is 0 Å². The minimum atomic E-state index is -0.0734. The molecule has 1 aliphatic carbocycles. The first-order chi connectivity index (χ1) is 9.19. The van der Waals surface area contributed by atoms with E-state index in [1.165, 1.54) is 7.11 Å². The number of rotatable bonds is 4. The predicted octanol–water partition coefficient (Wildman–Crippen LogP) is 1.07. The highest BCUT2D eigenvalue weighted by molar-refractivity contribution is 5.72. The van der Waals surface area contributed by atoms with Crippen LogP contribution in [0.3, 0.4) is 0 Å². The summed E-state index contributed by atoms with van der Waals surface area (Å²) in [6.45, 7) is 3.40. The molecule has 5 heteroatoms. The van der Waals surface area contributed by atoms with Crippen molar-refractivity contribution in [1.82, 2.24) is 4.90 Å². The average molecular weight is 271 g/mol. The van der Waals surface area contributed by atoms with Crippen LogP contribution in [0.2, 0.25) is 0 Å². The van der Waals surface area contributed by atoms with Crippen LogP contribution >= 0.6 is 0 Å². The van der Waals surface area contributed by atoms with Crippen molar-refractivity contribution in [3.8, 4) is 0 Å². The van der Waals surface area contributed by atoms with E-state index in [2.05, 4.69) is 11.9 Å². The van der Waals surface area contributed by atoms with E-state index in [0.717, 1.165) is 45.4 Å². The van der Waals surface area contributed by atoms with Crippen molar-refractivity contribution >= 4 is 5.97 Å². The predicted molar refractivity (Wildman–Crippen MR) is 71.0 cm³/mol. The molecule has 1 heterocycles. The first-order valence-corrected chi connectivity index (χ1v) is 7.18. The Labute approximate surface area is 115 Å². The molecule has 0 radical (unpaired) electrons. The SMILES string of the molecule is COC(=O)C1CCC(OCC2CN(C)CCO2)CC1. The molecular formula is C14H25NO4. The molecule has 0 aromatic carbocycles. The summed E-state index contributed by atoms with van der Waals surface area (Å²) in [4.78, 5) is 13.7. The Morgan fingerprint density at radius 1 is 1.32 bits per heavy atom. The Balaban J connectivity index is 1.64. The van der Waals surface area contributed by atoms with Gasteiger partial charge in [0.15, 0.2) is 0 Å². The minimum absolute atomic E-state index is 0.0712. The van der Waals surface area contributed by atoms with Gasteiger partial charge in [0.05, 0.1) is 38.4 Å². The van der Waals surface area contributed by atoms with Gasteiger partial charge in [0.1, 0.15) is 0 Å². The third-order valence-electron chi connectivity index (χ3n) is 4.07. The molecule has 0 amide bonds. The molecule has 1 atom stereocenters. The van der Waals surface area contributed by atoms with Crippen molar-refractivity contribution in [2.75, 3.05) is 40.5 Å². The number of carbonyl (C=O) groups excluding carboxylic acids is 1. The molecule has 1 unspecified atom stereocenters. The third kappa shape index (κ3) is 4.44. The number of carbonyl (C=O) groups is 1. The normalized spacial score (nSPS) is 33.1. The Kier molecular flexibility index (Phi) is 5.60. The number of hydrogen-bond donors (Lipinski definition) is 0. The van der Waals surface area contributed by atoms with Crippen LogP contribution < -0.4 is 0 Å². The van der Waals surface area contributed by atoms with Gasteiger partial charge in [-0.25, -0.2) is 0 Å². The van der Waals surface area contributed by atoms with Gasteiger partial charge in [-0.3, -0.25) is 4.79 Å². The molecule has 2 aliphatic rings. The second-order valence-electron chi connectivity index (χ2n) is 5.59. The van der Waals surface area contributed by atoms with E-state index < -0.39 is 0 Å². The molecular weight excluding hydrogens is 246 g/mol. The Morgan fingerprint density at radius 2 is 2.05 bits per heavy atom. The number of methoxy groups -OCH3 is 1. The third-order valence-corrected chi connectivity index (χ3v) is 4.07. The fourth-order valence-electron chi connectivity index (χ4n) is 2.84. The van der Waals surface area contributed by atoms with Crippen molar-refractivity contribution in [3.63, 3.8) is 0 Å². The minimum Gasteiger partial charge on any atom is -0.469 e. The van der Waals surface area contributed by atoms with Crippen LogP contribution in [0.15, 0.2) is 0 Å². The van der Waals surface area contributed by atoms with Crippen LogP contribution in [-0.4, -0.2) is 63.5 Å². The summed E-state index contributed by atoms with van der Waals surface area (Å²) in [6, 6.07) is 0. The second-order valence-corrected chi connectivity index (χ2v) is 5.59. The van der Waals surface area contributed by atoms with Crippen molar-refractivity contribution in [2.24, 2.45) is 5.92 Å². The zero-order valence-corrected chi connectivity index (χ0v) is 12.0. The van der Waals surface area contributed by atoms with E-state index in [-0.39, 0.29) is 24.1 Å². The molecule has 0 aromatic heterocycles. The fourth-order valence-corrected chi connectivity index (χ4v) is 2.84. The molecule has 0 spiro atoms. The van der Waals surface area contributed by atoms with Gasteiger partial charge in [-0.15, -0.1) is 0 Å². The summed E-state index contributed by atoms with van der Waals surface area (Å²) in [7, 11) is 3.57. The maximum Gasteiger partial charge on any atom is 0.308 e. The lowest BCUT2D eigenvalue weighted by Gasteiger charge is -2.32. The standard InChI is InChI=1S/C14H25NO4/c1-15-7-8-18-13(9-15)10-19-12-5-3-11(4-6-12)14(16)17-2/h11-13H,3-10H2,1-2H3. The van der Waals surface area contributed by atoms with Gasteiger partial charge < -0.3 is 19.1 Å². The lowest BCUT2D eigenvalue weighted by molar-refractivity contribution is -0.148. The number of hydrogen-bond acceptors (Lipinski definition) is 5. The summed E-state index contributed by atoms with van der Waals surface area (Å²) in [5.41, 5.74) is 0. The van der Waals surface area contributed by atoms with Crippen LogP contribution in [0.1, 0.15) is 25.7 Å². The van der Waals surface area contributed by atoms with Gasteiger partial charge in [0.25, 0.3) is 0 Å². The first-order valence-electron chi connectivity index (χ1n) is 7.18. The number of morpholine rings is 1. The fraction of sp³-hybridized carbons (Fsp3) is 0.929. The first kappa shape index (κ1) is 14.8. The van der Waals surface area contributed by atoms with Crippen molar-refractivity contribution in [3.05, 3.63) is 0 Å². The molecule has 0 bridgehead atoms. The molecule has 1 saturated carbocycles. The molecule has 2 fully saturated rings. The van der Waals surface area contributed by atoms with Crippen molar-refractivity contribution < 1.29 is 19.0 Å². The lowest BCUT2D eigenvalue weighted by Crippen LogP contribution is -2.43. The van der Waals surface area contributed by atoms with E-state index in [9.17, 15) is 4.79 Å². The average Bonchev–Trinajstić information content (AvgIpc) is 2.45. The van der Waals surface area contributed by atoms with Crippen LogP contribution in [0, 0.1) is 5.92 Å². The van der Waals surface area contributed by atoms with Crippen LogP contribution in [0.5, 0.6) is 0 Å². The van der Waals surface area contributed by atoms with E-state index in [0.29, 0.717) is 6.61 Å². The van der Waals surface area contributed by atoms with Gasteiger partial charge in [0.2, 0.25) is 0 Å². The van der Waals surface area contributed by atoms with Gasteiger partial charge in [-0.05, 0) is 32.7 Å². The van der Waals surface area contributed by atoms with E-state index in [4.69, 9.17) is 14.2 Å². The topological polar surface area (TPSA) is 48.0 Å². The van der Waals surface area contributed by atoms with Gasteiger partial charge in [-0.2, -0.15) is 0 Å². The zero-order chi connectivity index (χ0) is 13.7. The quantitative estimate of drug-likeness (QED) is 0.716. The van der Waals surface area contributed by atoms with Crippen LogP contribution in [0.4, 0.5) is 0 Å². The Hall–Kier alpha value is -0.650. The Morgan fingerprint density at radius 3 is 2.68 bits per heavy atom. The number of ether oxygens (including phenoxy) is 3. The highest BCUT2D eigenvalue weighted by Crippen LogP contribution is 2.27. The zero-order valence-electron chi connectivity index (χ0n) is 12.0. The van der Waals surface area contributed by atoms with E-state index in [1.54, 1.807) is 0 Å². The number of nitrogens with zero attached hydrogens (tertiary/aromatic N) is 1. The summed E-state index contributed by atoms with van der Waals surface area (Å²) in [5, 5.41) is 0. The van der Waals surface area contributed by atoms with E-state index >= 15 is 0 Å². The summed E-state index contributed by atoms with van der Waals surface area (Å²) < 4.78 is 16.4. The highest BCUT2D eigenvalue weighted by Gasteiger charge is 2.28. The lowest BCUT2D eigenvalue weighted by atomic mass is 9.87. The molecule has 19 heavy (non-hydrogen) atoms. The van der Waals surface area contributed by atoms with Crippen LogP contribution in [0.25, 0.3) is 0 Å². The molecule has 5 nitrogen and oxygen atoms in total. The number of likely N-dealkylation sites (N-methyl/N-ethyl adjacent to an activating group) is 1. The van der Waals surface area contributed by atoms with E-state index in [1.807, 2.05) is 0 Å². The molecule has 2 rings (SSSR count). The summed E-state index contributed by atoms with van der Waals surface area (Å²) in [6.07, 6.45) is 4.12. The largest absolute Gasteiger partial charge is 0.469 e. The maximum absolute atomic E-state index is 11.4. The molecule has 0 aromatic rings. The van der Waals surface area contributed by atoms with Gasteiger partial charge in [0, 0.05) is 13.1 Å². The Bertz CT molecular complexity index is 289. The smallest absolute Gasteiger partial charge is 0.308 e. The number of esters is 1.